The van der Waals surface area contributed by atoms with Gasteiger partial charge < -0.3 is 4.74 Å². The molecule has 0 aromatic carbocycles. The van der Waals surface area contributed by atoms with Crippen LogP contribution in [0.2, 0.25) is 0 Å². The molecule has 0 unspecified atom stereocenters. The zero-order valence-electron chi connectivity index (χ0n) is 16.0. The molecule has 9 nitrogen and oxygen atoms in total. The molecule has 1 saturated heterocycles. The second-order valence-electron chi connectivity index (χ2n) is 7.12. The zero-order chi connectivity index (χ0) is 20.7. The molecule has 4 rings (SSSR count). The number of allylic oxidation sites excluding steroid dienone is 2. The van der Waals surface area contributed by atoms with Crippen molar-refractivity contribution in [3.05, 3.63) is 39.3 Å². The second kappa shape index (κ2) is 7.51. The van der Waals surface area contributed by atoms with Crippen LogP contribution in [0.4, 0.5) is 0 Å². The standard InChI is InChI=1S/C19H20N4O5S/c1-3-14-21-23-15(24)8-11(20-19(23)29-14)9-28-18(27)10(2)22-16(25)12-6-4-5-7-13(12)17(22)26/h4-5,8,10,12-13H,3,6-7,9H2,1-2H3/t10-,12-,13-/m0/s1. The van der Waals surface area contributed by atoms with Crippen LogP contribution in [-0.2, 0) is 32.1 Å². The topological polar surface area (TPSA) is 111 Å². The van der Waals surface area contributed by atoms with Crippen molar-refractivity contribution in [2.24, 2.45) is 11.8 Å². The van der Waals surface area contributed by atoms with Crippen LogP contribution in [0.1, 0.15) is 37.4 Å². The van der Waals surface area contributed by atoms with Gasteiger partial charge in [-0.1, -0.05) is 30.4 Å². The third-order valence-corrected chi connectivity index (χ3v) is 6.33. The normalized spacial score (nSPS) is 22.2. The molecule has 2 amide bonds. The molecule has 1 aliphatic carbocycles. The van der Waals surface area contributed by atoms with Gasteiger partial charge in [-0.2, -0.15) is 9.61 Å². The summed E-state index contributed by atoms with van der Waals surface area (Å²) in [5.41, 5.74) is -0.0645. The Balaban J connectivity index is 1.46. The maximum atomic E-state index is 12.6. The highest BCUT2D eigenvalue weighted by atomic mass is 32.1. The lowest BCUT2D eigenvalue weighted by Crippen LogP contribution is -2.44. The molecule has 0 radical (unpaired) electrons. The van der Waals surface area contributed by atoms with Crippen molar-refractivity contribution >= 4 is 34.1 Å². The summed E-state index contributed by atoms with van der Waals surface area (Å²) in [5.74, 6) is -2.16. The monoisotopic (exact) mass is 416 g/mol. The lowest BCUT2D eigenvalue weighted by Gasteiger charge is -2.21. The van der Waals surface area contributed by atoms with Crippen molar-refractivity contribution in [1.29, 1.82) is 0 Å². The van der Waals surface area contributed by atoms with Crippen LogP contribution < -0.4 is 5.56 Å². The van der Waals surface area contributed by atoms with Crippen LogP contribution >= 0.6 is 11.3 Å². The van der Waals surface area contributed by atoms with Crippen molar-refractivity contribution < 1.29 is 19.1 Å². The van der Waals surface area contributed by atoms with Gasteiger partial charge in [-0.05, 0) is 26.2 Å². The van der Waals surface area contributed by atoms with Crippen LogP contribution in [-0.4, -0.2) is 43.3 Å². The van der Waals surface area contributed by atoms with Crippen LogP contribution in [0.25, 0.3) is 4.96 Å². The minimum Gasteiger partial charge on any atom is -0.458 e. The smallest absolute Gasteiger partial charge is 0.329 e. The predicted molar refractivity (Wildman–Crippen MR) is 103 cm³/mol. The maximum absolute atomic E-state index is 12.6. The molecule has 1 fully saturated rings. The third kappa shape index (κ3) is 3.37. The molecule has 2 aliphatic rings. The van der Waals surface area contributed by atoms with Gasteiger partial charge >= 0.3 is 5.97 Å². The Bertz CT molecular complexity index is 1060. The SMILES string of the molecule is CCc1nn2c(=O)cc(COC(=O)[C@H](C)N3C(=O)[C@H]4CC=CC[C@@H]4C3=O)nc2s1. The number of fused-ring (bicyclic) bond motifs is 2. The predicted octanol–water partition coefficient (Wildman–Crippen LogP) is 1.10. The van der Waals surface area contributed by atoms with Gasteiger partial charge in [0.1, 0.15) is 17.7 Å². The summed E-state index contributed by atoms with van der Waals surface area (Å²) in [6.45, 7) is 3.18. The van der Waals surface area contributed by atoms with Gasteiger partial charge in [0.05, 0.1) is 17.5 Å². The van der Waals surface area contributed by atoms with Crippen molar-refractivity contribution in [1.82, 2.24) is 19.5 Å². The molecule has 10 heteroatoms. The van der Waals surface area contributed by atoms with Crippen LogP contribution in [0.15, 0.2) is 23.0 Å². The van der Waals surface area contributed by atoms with Gasteiger partial charge in [0.2, 0.25) is 16.8 Å². The van der Waals surface area contributed by atoms with Gasteiger partial charge in [-0.25, -0.2) is 9.78 Å². The number of imide groups is 1. The molecule has 0 spiro atoms. The number of likely N-dealkylation sites (tertiary alicyclic amines) is 1. The average Bonchev–Trinajstić information content (AvgIpc) is 3.25. The molecule has 0 N–H and O–H groups in total. The highest BCUT2D eigenvalue weighted by Crippen LogP contribution is 2.36. The number of esters is 1. The molecule has 2 aromatic heterocycles. The average molecular weight is 416 g/mol. The lowest BCUT2D eigenvalue weighted by molar-refractivity contribution is -0.159. The van der Waals surface area contributed by atoms with E-state index in [0.29, 0.717) is 29.9 Å². The summed E-state index contributed by atoms with van der Waals surface area (Å²) in [6, 6.07) is 0.233. The van der Waals surface area contributed by atoms with E-state index in [1.165, 1.54) is 28.8 Å². The number of hydrogen-bond donors (Lipinski definition) is 0. The van der Waals surface area contributed by atoms with Gasteiger partial charge in [0.15, 0.2) is 0 Å². The fourth-order valence-electron chi connectivity index (χ4n) is 3.69. The van der Waals surface area contributed by atoms with Crippen molar-refractivity contribution in [3.8, 4) is 0 Å². The molecular formula is C19H20N4O5S. The highest BCUT2D eigenvalue weighted by molar-refractivity contribution is 7.16. The maximum Gasteiger partial charge on any atom is 0.329 e. The molecule has 1 aliphatic heterocycles. The van der Waals surface area contributed by atoms with Gasteiger partial charge in [-0.15, -0.1) is 0 Å². The Morgan fingerprint density at radius 3 is 2.52 bits per heavy atom. The number of carbonyl (C=O) groups is 3. The molecule has 0 bridgehead atoms. The van der Waals surface area contributed by atoms with Crippen molar-refractivity contribution in [2.45, 2.75) is 45.8 Å². The number of nitrogens with zero attached hydrogens (tertiary/aromatic N) is 4. The van der Waals surface area contributed by atoms with E-state index in [1.807, 2.05) is 19.1 Å². The number of hydrogen-bond acceptors (Lipinski definition) is 8. The summed E-state index contributed by atoms with van der Waals surface area (Å²) in [4.78, 5) is 55.6. The van der Waals surface area contributed by atoms with E-state index in [2.05, 4.69) is 10.1 Å². The van der Waals surface area contributed by atoms with E-state index in [4.69, 9.17) is 4.74 Å². The van der Waals surface area contributed by atoms with E-state index < -0.39 is 23.8 Å². The summed E-state index contributed by atoms with van der Waals surface area (Å²) < 4.78 is 6.48. The van der Waals surface area contributed by atoms with E-state index in [-0.39, 0.29) is 24.0 Å². The van der Waals surface area contributed by atoms with E-state index in [0.717, 1.165) is 9.91 Å². The minimum absolute atomic E-state index is 0.223. The largest absolute Gasteiger partial charge is 0.458 e. The summed E-state index contributed by atoms with van der Waals surface area (Å²) in [5, 5.41) is 4.94. The Hall–Kier alpha value is -2.88. The number of ether oxygens (including phenoxy) is 1. The van der Waals surface area contributed by atoms with E-state index in [9.17, 15) is 19.2 Å². The Morgan fingerprint density at radius 1 is 1.24 bits per heavy atom. The summed E-state index contributed by atoms with van der Waals surface area (Å²) in [6.07, 6.45) is 5.49. The van der Waals surface area contributed by atoms with Gasteiger partial charge in [0.25, 0.3) is 5.56 Å². The Labute approximate surface area is 170 Å². The Kier molecular flexibility index (Phi) is 5.03. The van der Waals surface area contributed by atoms with Crippen LogP contribution in [0.5, 0.6) is 0 Å². The van der Waals surface area contributed by atoms with Crippen LogP contribution in [0.3, 0.4) is 0 Å². The lowest BCUT2D eigenvalue weighted by atomic mass is 9.85. The summed E-state index contributed by atoms with van der Waals surface area (Å²) in [7, 11) is 0. The van der Waals surface area contributed by atoms with Crippen LogP contribution in [0, 0.1) is 11.8 Å². The fourth-order valence-corrected chi connectivity index (χ4v) is 4.55. The van der Waals surface area contributed by atoms with Crippen molar-refractivity contribution in [3.63, 3.8) is 0 Å². The van der Waals surface area contributed by atoms with Gasteiger partial charge in [0, 0.05) is 6.07 Å². The first-order chi connectivity index (χ1) is 13.9. The second-order valence-corrected chi connectivity index (χ2v) is 8.16. The van der Waals surface area contributed by atoms with Gasteiger partial charge in [-0.3, -0.25) is 19.3 Å². The highest BCUT2D eigenvalue weighted by Gasteiger charge is 2.50. The minimum atomic E-state index is -1.03. The summed E-state index contributed by atoms with van der Waals surface area (Å²) >= 11 is 1.30. The van der Waals surface area contributed by atoms with E-state index >= 15 is 0 Å². The van der Waals surface area contributed by atoms with Crippen molar-refractivity contribution in [2.75, 3.05) is 0 Å². The first-order valence-electron chi connectivity index (χ1n) is 9.48. The molecule has 3 heterocycles. The third-order valence-electron chi connectivity index (χ3n) is 5.27. The Morgan fingerprint density at radius 2 is 1.90 bits per heavy atom. The van der Waals surface area contributed by atoms with E-state index in [1.54, 1.807) is 0 Å². The zero-order valence-corrected chi connectivity index (χ0v) is 16.8. The molecule has 152 valence electrons. The first-order valence-corrected chi connectivity index (χ1v) is 10.3. The molecule has 2 aromatic rings. The number of amides is 2. The number of aryl methyl sites for hydroxylation is 1. The number of aromatic nitrogens is 3. The number of carbonyl (C=O) groups excluding carboxylic acids is 3. The molecule has 3 atom stereocenters. The quantitative estimate of drug-likeness (QED) is 0.408. The number of rotatable bonds is 5. The molecule has 29 heavy (non-hydrogen) atoms. The first kappa shape index (κ1) is 19.4. The molecule has 0 saturated carbocycles. The fraction of sp³-hybridized carbons (Fsp3) is 0.474. The molecular weight excluding hydrogens is 396 g/mol.